The van der Waals surface area contributed by atoms with Crippen molar-refractivity contribution in [2.75, 3.05) is 5.32 Å². The lowest BCUT2D eigenvalue weighted by Gasteiger charge is -2.12. The lowest BCUT2D eigenvalue weighted by molar-refractivity contribution is -0.112. The molecule has 0 bridgehead atoms. The van der Waals surface area contributed by atoms with Gasteiger partial charge in [0.2, 0.25) is 0 Å². The molecular formula is C21H23N7O. The van der Waals surface area contributed by atoms with Crippen LogP contribution >= 0.6 is 0 Å². The molecular weight excluding hydrogens is 366 g/mol. The fourth-order valence-electron chi connectivity index (χ4n) is 3.10. The number of amides is 1. The number of nitrogens with one attached hydrogen (secondary N) is 1. The van der Waals surface area contributed by atoms with Gasteiger partial charge in [0.1, 0.15) is 18.0 Å². The largest absolute Gasteiger partial charge is 0.348 e. The number of aryl methyl sites for hydroxylation is 1. The fourth-order valence-corrected chi connectivity index (χ4v) is 3.10. The maximum atomic E-state index is 12.6. The third-order valence-corrected chi connectivity index (χ3v) is 4.56. The molecule has 0 spiro atoms. The van der Waals surface area contributed by atoms with Gasteiger partial charge in [-0.2, -0.15) is 5.26 Å². The first kappa shape index (κ1) is 20.0. The molecule has 0 aliphatic carbocycles. The van der Waals surface area contributed by atoms with Crippen molar-refractivity contribution in [1.29, 1.82) is 5.26 Å². The SMILES string of the molecule is Cc1cc(/C=C(\C#N)C(=O)Nc2ccc(-n3cnnn3)cc2)c(C)n1CC(C)C. The van der Waals surface area contributed by atoms with E-state index < -0.39 is 5.91 Å². The van der Waals surface area contributed by atoms with E-state index in [9.17, 15) is 10.1 Å². The molecule has 0 aliphatic rings. The molecule has 0 unspecified atom stereocenters. The Morgan fingerprint density at radius 1 is 1.28 bits per heavy atom. The van der Waals surface area contributed by atoms with E-state index in [4.69, 9.17) is 0 Å². The monoisotopic (exact) mass is 389 g/mol. The molecule has 0 saturated heterocycles. The van der Waals surface area contributed by atoms with E-state index in [0.29, 0.717) is 11.6 Å². The first-order valence-corrected chi connectivity index (χ1v) is 9.32. The van der Waals surface area contributed by atoms with Crippen LogP contribution in [0.3, 0.4) is 0 Å². The molecule has 2 aromatic heterocycles. The van der Waals surface area contributed by atoms with Crippen LogP contribution in [0.15, 0.2) is 42.2 Å². The smallest absolute Gasteiger partial charge is 0.266 e. The zero-order valence-corrected chi connectivity index (χ0v) is 16.9. The zero-order valence-electron chi connectivity index (χ0n) is 16.9. The second-order valence-corrected chi connectivity index (χ2v) is 7.26. The molecule has 8 nitrogen and oxygen atoms in total. The number of carbonyl (C=O) groups excluding carboxylic acids is 1. The van der Waals surface area contributed by atoms with Crippen LogP contribution in [-0.4, -0.2) is 30.7 Å². The van der Waals surface area contributed by atoms with Gasteiger partial charge in [0.25, 0.3) is 5.91 Å². The van der Waals surface area contributed by atoms with Crippen LogP contribution in [0.1, 0.15) is 30.8 Å². The van der Waals surface area contributed by atoms with Crippen LogP contribution in [0.2, 0.25) is 0 Å². The number of nitriles is 1. The number of tetrazole rings is 1. The van der Waals surface area contributed by atoms with Crippen molar-refractivity contribution in [3.63, 3.8) is 0 Å². The van der Waals surface area contributed by atoms with Gasteiger partial charge in [0.05, 0.1) is 5.69 Å². The second kappa shape index (κ2) is 8.52. The molecule has 0 atom stereocenters. The second-order valence-electron chi connectivity index (χ2n) is 7.26. The predicted octanol–water partition coefficient (Wildman–Crippen LogP) is 3.28. The van der Waals surface area contributed by atoms with Crippen molar-refractivity contribution in [3.05, 3.63) is 59.2 Å². The maximum absolute atomic E-state index is 12.6. The minimum Gasteiger partial charge on any atom is -0.348 e. The summed E-state index contributed by atoms with van der Waals surface area (Å²) in [5.41, 5.74) is 4.43. The summed E-state index contributed by atoms with van der Waals surface area (Å²) in [5, 5.41) is 23.3. The van der Waals surface area contributed by atoms with Crippen molar-refractivity contribution in [3.8, 4) is 11.8 Å². The summed E-state index contributed by atoms with van der Waals surface area (Å²) in [6, 6.07) is 11.0. The third kappa shape index (κ3) is 4.58. The fraction of sp³-hybridized carbons (Fsp3) is 0.286. The van der Waals surface area contributed by atoms with Gasteiger partial charge >= 0.3 is 0 Å². The summed E-state index contributed by atoms with van der Waals surface area (Å²) >= 11 is 0. The van der Waals surface area contributed by atoms with Crippen LogP contribution in [0.5, 0.6) is 0 Å². The molecule has 1 aromatic carbocycles. The molecule has 8 heteroatoms. The molecule has 0 aliphatic heterocycles. The Hall–Kier alpha value is -3.73. The van der Waals surface area contributed by atoms with Crippen molar-refractivity contribution in [2.45, 2.75) is 34.2 Å². The van der Waals surface area contributed by atoms with E-state index in [-0.39, 0.29) is 5.57 Å². The highest BCUT2D eigenvalue weighted by atomic mass is 16.1. The Labute approximate surface area is 169 Å². The number of nitrogens with zero attached hydrogens (tertiary/aromatic N) is 6. The summed E-state index contributed by atoms with van der Waals surface area (Å²) in [6.07, 6.45) is 3.13. The first-order valence-electron chi connectivity index (χ1n) is 9.32. The van der Waals surface area contributed by atoms with E-state index in [1.165, 1.54) is 11.0 Å². The van der Waals surface area contributed by atoms with Crippen LogP contribution in [0.4, 0.5) is 5.69 Å². The number of hydrogen-bond acceptors (Lipinski definition) is 5. The van der Waals surface area contributed by atoms with Crippen molar-refractivity contribution in [2.24, 2.45) is 5.92 Å². The third-order valence-electron chi connectivity index (χ3n) is 4.56. The van der Waals surface area contributed by atoms with Gasteiger partial charge in [-0.15, -0.1) is 5.10 Å². The minimum atomic E-state index is -0.448. The van der Waals surface area contributed by atoms with E-state index in [2.05, 4.69) is 39.3 Å². The van der Waals surface area contributed by atoms with Crippen molar-refractivity contribution < 1.29 is 4.79 Å². The highest BCUT2D eigenvalue weighted by Gasteiger charge is 2.14. The Morgan fingerprint density at radius 2 is 2.00 bits per heavy atom. The van der Waals surface area contributed by atoms with Gasteiger partial charge < -0.3 is 9.88 Å². The Kier molecular flexibility index (Phi) is 5.88. The number of hydrogen-bond donors (Lipinski definition) is 1. The maximum Gasteiger partial charge on any atom is 0.266 e. The predicted molar refractivity (Wildman–Crippen MR) is 110 cm³/mol. The molecule has 0 radical (unpaired) electrons. The van der Waals surface area contributed by atoms with Gasteiger partial charge in [-0.25, -0.2) is 4.68 Å². The molecule has 29 heavy (non-hydrogen) atoms. The number of benzene rings is 1. The van der Waals surface area contributed by atoms with Crippen molar-refractivity contribution >= 4 is 17.7 Å². The summed E-state index contributed by atoms with van der Waals surface area (Å²) < 4.78 is 3.72. The lowest BCUT2D eigenvalue weighted by Crippen LogP contribution is -2.13. The highest BCUT2D eigenvalue weighted by molar-refractivity contribution is 6.09. The van der Waals surface area contributed by atoms with Gasteiger partial charge in [0, 0.05) is 23.6 Å². The van der Waals surface area contributed by atoms with E-state index in [1.54, 1.807) is 30.3 Å². The summed E-state index contributed by atoms with van der Waals surface area (Å²) in [7, 11) is 0. The quantitative estimate of drug-likeness (QED) is 0.515. The van der Waals surface area contributed by atoms with Gasteiger partial charge in [-0.3, -0.25) is 4.79 Å². The van der Waals surface area contributed by atoms with Crippen LogP contribution < -0.4 is 5.32 Å². The topological polar surface area (TPSA) is 101 Å². The van der Waals surface area contributed by atoms with Gasteiger partial charge in [0.15, 0.2) is 0 Å². The van der Waals surface area contributed by atoms with Crippen LogP contribution in [0, 0.1) is 31.1 Å². The molecule has 2 heterocycles. The number of rotatable bonds is 6. The Morgan fingerprint density at radius 3 is 2.59 bits per heavy atom. The normalized spacial score (nSPS) is 11.5. The summed E-state index contributed by atoms with van der Waals surface area (Å²) in [4.78, 5) is 12.6. The van der Waals surface area contributed by atoms with E-state index in [0.717, 1.165) is 29.2 Å². The Bertz CT molecular complexity index is 1070. The van der Waals surface area contributed by atoms with Crippen molar-refractivity contribution in [1.82, 2.24) is 24.8 Å². The molecule has 1 N–H and O–H groups in total. The van der Waals surface area contributed by atoms with E-state index in [1.807, 2.05) is 26.0 Å². The molecule has 1 amide bonds. The molecule has 3 rings (SSSR count). The van der Waals surface area contributed by atoms with E-state index >= 15 is 0 Å². The first-order chi connectivity index (χ1) is 13.9. The average molecular weight is 389 g/mol. The van der Waals surface area contributed by atoms with Gasteiger partial charge in [-0.05, 0) is 72.2 Å². The Balaban J connectivity index is 1.78. The molecule has 3 aromatic rings. The number of carbonyl (C=O) groups is 1. The van der Waals surface area contributed by atoms with Crippen LogP contribution in [-0.2, 0) is 11.3 Å². The highest BCUT2D eigenvalue weighted by Crippen LogP contribution is 2.20. The number of aromatic nitrogens is 5. The van der Waals surface area contributed by atoms with Crippen LogP contribution in [0.25, 0.3) is 11.8 Å². The molecule has 0 saturated carbocycles. The minimum absolute atomic E-state index is 0.0550. The standard InChI is InChI=1S/C21H23N7O/c1-14(2)12-27-15(3)9-17(16(27)4)10-18(11-22)21(29)24-19-5-7-20(8-6-19)28-13-23-25-26-28/h5-10,13-14H,12H2,1-4H3,(H,24,29)/b18-10+. The molecule has 0 fully saturated rings. The zero-order chi connectivity index (χ0) is 21.0. The lowest BCUT2D eigenvalue weighted by atomic mass is 10.1. The summed E-state index contributed by atoms with van der Waals surface area (Å²) in [5.74, 6) is 0.0583. The molecule has 148 valence electrons. The number of anilines is 1. The van der Waals surface area contributed by atoms with Gasteiger partial charge in [-0.1, -0.05) is 13.8 Å². The average Bonchev–Trinajstić information content (AvgIpc) is 3.31. The summed E-state index contributed by atoms with van der Waals surface area (Å²) in [6.45, 7) is 9.25.